The summed E-state index contributed by atoms with van der Waals surface area (Å²) >= 11 is 0. The van der Waals surface area contributed by atoms with Crippen molar-refractivity contribution in [1.29, 1.82) is 0 Å². The molecular formula is C32H42N4O3. The normalized spacial score (nSPS) is 17.1. The number of benzene rings is 2. The van der Waals surface area contributed by atoms with Crippen LogP contribution in [-0.4, -0.2) is 48.3 Å². The van der Waals surface area contributed by atoms with Crippen LogP contribution in [0.2, 0.25) is 0 Å². The third kappa shape index (κ3) is 8.62. The van der Waals surface area contributed by atoms with Crippen molar-refractivity contribution in [2.75, 3.05) is 25.5 Å². The number of anilines is 1. The molecule has 7 nitrogen and oxygen atoms in total. The number of methoxy groups -OCH3 is 1. The van der Waals surface area contributed by atoms with E-state index >= 15 is 0 Å². The number of rotatable bonds is 8. The maximum absolute atomic E-state index is 13.5. The highest BCUT2D eigenvalue weighted by Gasteiger charge is 2.23. The van der Waals surface area contributed by atoms with Crippen LogP contribution in [0.1, 0.15) is 70.9 Å². The first kappa shape index (κ1) is 28.7. The first-order valence-corrected chi connectivity index (χ1v) is 14.0. The van der Waals surface area contributed by atoms with Crippen LogP contribution in [-0.2, 0) is 30.7 Å². The number of aromatic nitrogens is 1. The number of aliphatic hydroxyl groups excluding tert-OH is 1. The molecule has 2 atom stereocenters. The molecule has 1 amide bonds. The summed E-state index contributed by atoms with van der Waals surface area (Å²) in [6.07, 6.45) is 4.67. The van der Waals surface area contributed by atoms with Crippen molar-refractivity contribution in [1.82, 2.24) is 15.6 Å². The summed E-state index contributed by atoms with van der Waals surface area (Å²) < 4.78 is 5.34. The van der Waals surface area contributed by atoms with Gasteiger partial charge in [0, 0.05) is 44.2 Å². The minimum Gasteiger partial charge on any atom is -0.390 e. The maximum atomic E-state index is 13.5. The average Bonchev–Trinajstić information content (AvgIpc) is 2.92. The smallest absolute Gasteiger partial charge is 0.251 e. The van der Waals surface area contributed by atoms with Crippen LogP contribution in [0.4, 0.5) is 5.69 Å². The van der Waals surface area contributed by atoms with Gasteiger partial charge in [0.1, 0.15) is 0 Å². The Kier molecular flexibility index (Phi) is 10.5. The number of hydrogen-bond acceptors (Lipinski definition) is 6. The van der Waals surface area contributed by atoms with E-state index in [1.54, 1.807) is 7.11 Å². The number of aryl methyl sites for hydroxylation is 1. The lowest BCUT2D eigenvalue weighted by Gasteiger charge is -2.25. The van der Waals surface area contributed by atoms with Crippen LogP contribution >= 0.6 is 0 Å². The van der Waals surface area contributed by atoms with Gasteiger partial charge >= 0.3 is 0 Å². The zero-order valence-corrected chi connectivity index (χ0v) is 23.4. The number of nitrogens with one attached hydrogen (secondary N) is 3. The van der Waals surface area contributed by atoms with E-state index in [1.807, 2.05) is 30.5 Å². The van der Waals surface area contributed by atoms with E-state index in [1.165, 1.54) is 11.1 Å². The molecule has 0 fully saturated rings. The fourth-order valence-electron chi connectivity index (χ4n) is 5.01. The fourth-order valence-corrected chi connectivity index (χ4v) is 5.01. The molecule has 3 aromatic rings. The van der Waals surface area contributed by atoms with Crippen LogP contribution in [0, 0.1) is 0 Å². The highest BCUT2D eigenvalue weighted by atomic mass is 16.5. The van der Waals surface area contributed by atoms with E-state index in [0.717, 1.165) is 48.3 Å². The maximum Gasteiger partial charge on any atom is 0.251 e. The monoisotopic (exact) mass is 530 g/mol. The molecule has 0 saturated carbocycles. The Bertz CT molecular complexity index is 1230. The first-order valence-electron chi connectivity index (χ1n) is 14.0. The predicted octanol–water partition coefficient (Wildman–Crippen LogP) is 4.59. The van der Waals surface area contributed by atoms with E-state index in [4.69, 9.17) is 4.74 Å². The molecule has 0 aliphatic carbocycles. The van der Waals surface area contributed by atoms with E-state index in [-0.39, 0.29) is 5.91 Å². The topological polar surface area (TPSA) is 95.5 Å². The van der Waals surface area contributed by atoms with Crippen LogP contribution in [0.3, 0.4) is 0 Å². The van der Waals surface area contributed by atoms with Crippen molar-refractivity contribution in [3.63, 3.8) is 0 Å². The summed E-state index contributed by atoms with van der Waals surface area (Å²) in [6, 6.07) is 17.9. The summed E-state index contributed by atoms with van der Waals surface area (Å²) in [5, 5.41) is 21.2. The lowest BCUT2D eigenvalue weighted by Crippen LogP contribution is -2.48. The SMILES string of the molecule is COCc1cc2cc(c1)C(=O)N[C@H]([C@H](O)CNCc1cc(C(C)C)ccn1)Cc1cccc(c1)CCCCN2. The number of ether oxygens (including phenoxy) is 1. The van der Waals surface area contributed by atoms with E-state index in [9.17, 15) is 9.90 Å². The highest BCUT2D eigenvalue weighted by molar-refractivity contribution is 5.95. The van der Waals surface area contributed by atoms with E-state index in [0.29, 0.717) is 37.6 Å². The largest absolute Gasteiger partial charge is 0.390 e. The molecule has 1 aliphatic rings. The molecule has 0 radical (unpaired) electrons. The summed E-state index contributed by atoms with van der Waals surface area (Å²) in [5.41, 5.74) is 6.93. The number of nitrogens with zero attached hydrogens (tertiary/aromatic N) is 1. The molecule has 7 heteroatoms. The Balaban J connectivity index is 1.53. The van der Waals surface area contributed by atoms with Gasteiger partial charge in [0.05, 0.1) is 24.4 Å². The van der Waals surface area contributed by atoms with Crippen molar-refractivity contribution in [3.8, 4) is 0 Å². The standard InChI is InChI=1S/C32H42N4O3/c1-22(2)26-10-12-35-29(17-26)19-33-20-31(37)30-16-24-9-6-8-23(13-24)7-4-5-11-34-28-15-25(21-39-3)14-27(18-28)32(38)36-30/h6,8-10,12-15,17-18,22,30-31,33-34,37H,4-5,7,11,16,19-21H2,1-3H3,(H,36,38)/t30-,31+/m0/s1. The van der Waals surface area contributed by atoms with Gasteiger partial charge in [-0.15, -0.1) is 0 Å². The zero-order valence-electron chi connectivity index (χ0n) is 23.4. The van der Waals surface area contributed by atoms with Gasteiger partial charge in [0.15, 0.2) is 0 Å². The molecular weight excluding hydrogens is 488 g/mol. The quantitative estimate of drug-likeness (QED) is 0.340. The number of pyridine rings is 1. The Hall–Kier alpha value is -3.26. The molecule has 4 N–H and O–H groups in total. The molecule has 39 heavy (non-hydrogen) atoms. The van der Waals surface area contributed by atoms with Crippen LogP contribution in [0.5, 0.6) is 0 Å². The predicted molar refractivity (Wildman–Crippen MR) is 156 cm³/mol. The summed E-state index contributed by atoms with van der Waals surface area (Å²) in [6.45, 7) is 6.44. The number of fused-ring (bicyclic) bond motifs is 4. The second kappa shape index (κ2) is 14.2. The zero-order chi connectivity index (χ0) is 27.6. The number of hydrogen-bond donors (Lipinski definition) is 4. The van der Waals surface area contributed by atoms with Gasteiger partial charge < -0.3 is 25.8 Å². The lowest BCUT2D eigenvalue weighted by atomic mass is 9.97. The Labute approximate surface area is 232 Å². The van der Waals surface area contributed by atoms with E-state index < -0.39 is 12.1 Å². The van der Waals surface area contributed by atoms with Crippen LogP contribution < -0.4 is 16.0 Å². The van der Waals surface area contributed by atoms with Gasteiger partial charge in [0.25, 0.3) is 5.91 Å². The van der Waals surface area contributed by atoms with Gasteiger partial charge in [0.2, 0.25) is 0 Å². The van der Waals surface area contributed by atoms with Crippen molar-refractivity contribution < 1.29 is 14.6 Å². The van der Waals surface area contributed by atoms with Gasteiger partial charge in [-0.3, -0.25) is 9.78 Å². The Morgan fingerprint density at radius 1 is 1.10 bits per heavy atom. The highest BCUT2D eigenvalue weighted by Crippen LogP contribution is 2.19. The van der Waals surface area contributed by atoms with Gasteiger partial charge in [-0.2, -0.15) is 0 Å². The lowest BCUT2D eigenvalue weighted by molar-refractivity contribution is 0.0829. The third-order valence-electron chi connectivity index (χ3n) is 7.18. The van der Waals surface area contributed by atoms with Crippen molar-refractivity contribution >= 4 is 11.6 Å². The van der Waals surface area contributed by atoms with Gasteiger partial charge in [-0.1, -0.05) is 38.1 Å². The molecule has 4 bridgehead atoms. The third-order valence-corrected chi connectivity index (χ3v) is 7.18. The van der Waals surface area contributed by atoms with Crippen molar-refractivity contribution in [3.05, 3.63) is 94.3 Å². The number of carbonyl (C=O) groups is 1. The van der Waals surface area contributed by atoms with Gasteiger partial charge in [-0.25, -0.2) is 0 Å². The van der Waals surface area contributed by atoms with Crippen LogP contribution in [0.25, 0.3) is 0 Å². The van der Waals surface area contributed by atoms with Crippen LogP contribution in [0.15, 0.2) is 60.8 Å². The minimum absolute atomic E-state index is 0.211. The molecule has 1 aromatic heterocycles. The Morgan fingerprint density at radius 2 is 1.95 bits per heavy atom. The van der Waals surface area contributed by atoms with E-state index in [2.05, 4.69) is 65.1 Å². The molecule has 208 valence electrons. The molecule has 0 unspecified atom stereocenters. The molecule has 0 saturated heterocycles. The number of aliphatic hydroxyl groups is 1. The number of amides is 1. The summed E-state index contributed by atoms with van der Waals surface area (Å²) in [4.78, 5) is 17.9. The summed E-state index contributed by atoms with van der Waals surface area (Å²) in [7, 11) is 1.65. The second-order valence-corrected chi connectivity index (χ2v) is 10.8. The molecule has 4 rings (SSSR count). The molecule has 2 heterocycles. The molecule has 0 spiro atoms. The van der Waals surface area contributed by atoms with Crippen molar-refractivity contribution in [2.45, 2.75) is 70.7 Å². The summed E-state index contributed by atoms with van der Waals surface area (Å²) in [5.74, 6) is 0.216. The van der Waals surface area contributed by atoms with Gasteiger partial charge in [-0.05, 0) is 84.2 Å². The average molecular weight is 531 g/mol. The minimum atomic E-state index is -0.790. The number of carbonyl (C=O) groups excluding carboxylic acids is 1. The second-order valence-electron chi connectivity index (χ2n) is 10.8. The molecule has 1 aliphatic heterocycles. The molecule has 2 aromatic carbocycles. The Morgan fingerprint density at radius 3 is 2.77 bits per heavy atom. The fraction of sp³-hybridized carbons (Fsp3) is 0.438. The van der Waals surface area contributed by atoms with Crippen molar-refractivity contribution in [2.24, 2.45) is 0 Å². The first-order chi connectivity index (χ1) is 18.9.